The van der Waals surface area contributed by atoms with E-state index in [0.717, 1.165) is 13.0 Å². The van der Waals surface area contributed by atoms with Gasteiger partial charge in [-0.05, 0) is 25.1 Å². The predicted molar refractivity (Wildman–Crippen MR) is 48.2 cm³/mol. The number of alkyl halides is 1. The van der Waals surface area contributed by atoms with Gasteiger partial charge < -0.3 is 5.32 Å². The van der Waals surface area contributed by atoms with E-state index in [4.69, 9.17) is 0 Å². The minimum Gasteiger partial charge on any atom is -0.316 e. The summed E-state index contributed by atoms with van der Waals surface area (Å²) < 4.78 is 14.3. The third-order valence-corrected chi connectivity index (χ3v) is 2.77. The Morgan fingerprint density at radius 1 is 1.64 bits per heavy atom. The lowest BCUT2D eigenvalue weighted by Crippen LogP contribution is -2.30. The molecule has 1 saturated heterocycles. The fraction of sp³-hybridized carbons (Fsp3) is 0.875. The Hall–Kier alpha value is -1.04. The van der Waals surface area contributed by atoms with Crippen molar-refractivity contribution in [2.24, 2.45) is 13.0 Å². The van der Waals surface area contributed by atoms with Crippen LogP contribution in [0.3, 0.4) is 0 Å². The summed E-state index contributed by atoms with van der Waals surface area (Å²) in [4.78, 5) is 1.29. The van der Waals surface area contributed by atoms with Gasteiger partial charge in [0, 0.05) is 12.5 Å². The number of nitrogens with zero attached hydrogens (tertiary/aromatic N) is 4. The second kappa shape index (κ2) is 3.27. The second-order valence-corrected chi connectivity index (χ2v) is 3.87. The minimum absolute atomic E-state index is 0.0494. The first kappa shape index (κ1) is 9.51. The molecule has 0 radical (unpaired) electrons. The van der Waals surface area contributed by atoms with E-state index in [9.17, 15) is 4.39 Å². The van der Waals surface area contributed by atoms with Crippen LogP contribution < -0.4 is 5.32 Å². The summed E-state index contributed by atoms with van der Waals surface area (Å²) >= 11 is 0. The molecule has 0 saturated carbocycles. The normalized spacial score (nSPS) is 26.4. The quantitative estimate of drug-likeness (QED) is 0.728. The van der Waals surface area contributed by atoms with E-state index in [2.05, 4.69) is 20.7 Å². The van der Waals surface area contributed by atoms with E-state index in [0.29, 0.717) is 6.54 Å². The Bertz CT molecular complexity index is 315. The summed E-state index contributed by atoms with van der Waals surface area (Å²) in [5, 5.41) is 14.4. The molecule has 1 aromatic rings. The van der Waals surface area contributed by atoms with Gasteiger partial charge in [-0.1, -0.05) is 0 Å². The van der Waals surface area contributed by atoms with Crippen molar-refractivity contribution in [3.05, 3.63) is 5.82 Å². The highest BCUT2D eigenvalue weighted by atomic mass is 19.1. The predicted octanol–water partition coefficient (Wildman–Crippen LogP) is 0.00430. The van der Waals surface area contributed by atoms with Gasteiger partial charge in [0.1, 0.15) is 0 Å². The molecule has 0 aliphatic carbocycles. The molecule has 1 aliphatic rings. The van der Waals surface area contributed by atoms with Crippen LogP contribution >= 0.6 is 0 Å². The maximum atomic E-state index is 14.3. The first-order valence-corrected chi connectivity index (χ1v) is 4.75. The number of hydrogen-bond acceptors (Lipinski definition) is 4. The summed E-state index contributed by atoms with van der Waals surface area (Å²) in [5.41, 5.74) is -1.47. The van der Waals surface area contributed by atoms with E-state index >= 15 is 0 Å². The van der Waals surface area contributed by atoms with Crippen molar-refractivity contribution in [2.45, 2.75) is 19.0 Å². The van der Waals surface area contributed by atoms with E-state index in [1.165, 1.54) is 11.7 Å². The maximum absolute atomic E-state index is 14.3. The Morgan fingerprint density at radius 2 is 2.43 bits per heavy atom. The Balaban J connectivity index is 2.22. The number of hydrogen-bond donors (Lipinski definition) is 1. The molecule has 1 fully saturated rings. The zero-order valence-electron chi connectivity index (χ0n) is 8.37. The van der Waals surface area contributed by atoms with Crippen molar-refractivity contribution in [3.63, 3.8) is 0 Å². The van der Waals surface area contributed by atoms with Gasteiger partial charge in [0.15, 0.2) is 5.67 Å². The molecule has 2 atom stereocenters. The standard InChI is InChI=1S/C8H14FN5/c1-8(9,6-3-4-10-5-6)7-11-13-14(2)12-7/h6,10H,3-5H2,1-2H3. The Morgan fingerprint density at radius 3 is 2.93 bits per heavy atom. The molecule has 2 heterocycles. The van der Waals surface area contributed by atoms with Crippen LogP contribution in [-0.4, -0.2) is 33.3 Å². The van der Waals surface area contributed by atoms with Crippen molar-refractivity contribution < 1.29 is 4.39 Å². The molecule has 1 aliphatic heterocycles. The Kier molecular flexibility index (Phi) is 2.22. The first-order chi connectivity index (χ1) is 6.60. The van der Waals surface area contributed by atoms with Crippen molar-refractivity contribution in [1.82, 2.24) is 25.5 Å². The number of nitrogens with one attached hydrogen (secondary N) is 1. The van der Waals surface area contributed by atoms with E-state index < -0.39 is 5.67 Å². The smallest absolute Gasteiger partial charge is 0.211 e. The van der Waals surface area contributed by atoms with Crippen LogP contribution in [0.4, 0.5) is 4.39 Å². The van der Waals surface area contributed by atoms with Crippen molar-refractivity contribution in [2.75, 3.05) is 13.1 Å². The molecule has 78 valence electrons. The molecule has 2 unspecified atom stereocenters. The fourth-order valence-electron chi connectivity index (χ4n) is 1.78. The summed E-state index contributed by atoms with van der Waals surface area (Å²) in [6.07, 6.45) is 0.825. The van der Waals surface area contributed by atoms with Crippen molar-refractivity contribution >= 4 is 0 Å². The summed E-state index contributed by atoms with van der Waals surface area (Å²) in [5.74, 6) is 0.139. The molecule has 1 aromatic heterocycles. The van der Waals surface area contributed by atoms with Crippen LogP contribution in [0.1, 0.15) is 19.2 Å². The molecular formula is C8H14FN5. The molecule has 2 rings (SSSR count). The van der Waals surface area contributed by atoms with E-state index in [1.807, 2.05) is 0 Å². The van der Waals surface area contributed by atoms with Crippen molar-refractivity contribution in [1.29, 1.82) is 0 Å². The fourth-order valence-corrected chi connectivity index (χ4v) is 1.78. The topological polar surface area (TPSA) is 55.6 Å². The van der Waals surface area contributed by atoms with E-state index in [1.54, 1.807) is 7.05 Å². The van der Waals surface area contributed by atoms with Crippen LogP contribution in [0.25, 0.3) is 0 Å². The van der Waals surface area contributed by atoms with Gasteiger partial charge in [-0.3, -0.25) is 0 Å². The number of tetrazole rings is 1. The third kappa shape index (κ3) is 1.50. The van der Waals surface area contributed by atoms with Gasteiger partial charge in [-0.2, -0.15) is 4.80 Å². The number of halogens is 1. The van der Waals surface area contributed by atoms with Gasteiger partial charge in [0.2, 0.25) is 5.82 Å². The van der Waals surface area contributed by atoms with Crippen LogP contribution in [0.15, 0.2) is 0 Å². The monoisotopic (exact) mass is 199 g/mol. The molecular weight excluding hydrogens is 185 g/mol. The average molecular weight is 199 g/mol. The maximum Gasteiger partial charge on any atom is 0.211 e. The van der Waals surface area contributed by atoms with Gasteiger partial charge in [-0.25, -0.2) is 4.39 Å². The molecule has 1 N–H and O–H groups in total. The highest BCUT2D eigenvalue weighted by Crippen LogP contribution is 2.34. The lowest BCUT2D eigenvalue weighted by molar-refractivity contribution is 0.101. The second-order valence-electron chi connectivity index (χ2n) is 3.87. The summed E-state index contributed by atoms with van der Waals surface area (Å²) in [6.45, 7) is 3.08. The van der Waals surface area contributed by atoms with Gasteiger partial charge in [0.25, 0.3) is 0 Å². The molecule has 14 heavy (non-hydrogen) atoms. The zero-order valence-corrected chi connectivity index (χ0v) is 8.37. The molecule has 0 spiro atoms. The number of aryl methyl sites for hydroxylation is 1. The molecule has 0 bridgehead atoms. The van der Waals surface area contributed by atoms with Crippen LogP contribution in [-0.2, 0) is 12.7 Å². The van der Waals surface area contributed by atoms with Crippen molar-refractivity contribution in [3.8, 4) is 0 Å². The van der Waals surface area contributed by atoms with Gasteiger partial charge >= 0.3 is 0 Å². The number of aromatic nitrogens is 4. The SMILES string of the molecule is Cn1nnc(C(C)(F)C2CCNC2)n1. The zero-order chi connectivity index (χ0) is 10.2. The highest BCUT2D eigenvalue weighted by molar-refractivity contribution is 5.01. The first-order valence-electron chi connectivity index (χ1n) is 4.75. The van der Waals surface area contributed by atoms with Crippen LogP contribution in [0, 0.1) is 5.92 Å². The lowest BCUT2D eigenvalue weighted by atomic mass is 9.89. The molecule has 6 heteroatoms. The molecule has 0 amide bonds. The van der Waals surface area contributed by atoms with Crippen LogP contribution in [0.5, 0.6) is 0 Å². The van der Waals surface area contributed by atoms with Gasteiger partial charge in [-0.15, -0.1) is 10.2 Å². The average Bonchev–Trinajstić information content (AvgIpc) is 2.72. The molecule has 5 nitrogen and oxygen atoms in total. The summed E-state index contributed by atoms with van der Waals surface area (Å²) in [6, 6.07) is 0. The number of rotatable bonds is 2. The van der Waals surface area contributed by atoms with Crippen LogP contribution in [0.2, 0.25) is 0 Å². The Labute approximate surface area is 81.7 Å². The largest absolute Gasteiger partial charge is 0.316 e. The molecule has 0 aromatic carbocycles. The van der Waals surface area contributed by atoms with E-state index in [-0.39, 0.29) is 11.7 Å². The lowest BCUT2D eigenvalue weighted by Gasteiger charge is -2.22. The minimum atomic E-state index is -1.47. The summed E-state index contributed by atoms with van der Waals surface area (Å²) in [7, 11) is 1.64. The highest BCUT2D eigenvalue weighted by Gasteiger charge is 2.41. The third-order valence-electron chi connectivity index (χ3n) is 2.77. The van der Waals surface area contributed by atoms with Gasteiger partial charge in [0.05, 0.1) is 7.05 Å².